The maximum absolute atomic E-state index is 14.0. The van der Waals surface area contributed by atoms with Crippen LogP contribution in [0.1, 0.15) is 34.0 Å². The topological polar surface area (TPSA) is 143 Å². The first-order chi connectivity index (χ1) is 21.8. The number of nitro groups is 1. The van der Waals surface area contributed by atoms with E-state index in [1.807, 2.05) is 72.8 Å². The van der Waals surface area contributed by atoms with Crippen molar-refractivity contribution in [3.63, 3.8) is 0 Å². The van der Waals surface area contributed by atoms with Gasteiger partial charge in [0.2, 0.25) is 11.8 Å². The molecule has 10 heteroatoms. The van der Waals surface area contributed by atoms with Crippen LogP contribution in [-0.4, -0.2) is 49.8 Å². The zero-order valence-electron chi connectivity index (χ0n) is 24.2. The first-order valence-electron chi connectivity index (χ1n) is 14.6. The van der Waals surface area contributed by atoms with Crippen molar-refractivity contribution in [2.45, 2.75) is 24.4 Å². The summed E-state index contributed by atoms with van der Waals surface area (Å²) in [7, 11) is 0. The van der Waals surface area contributed by atoms with Crippen LogP contribution in [0.15, 0.2) is 103 Å². The predicted octanol–water partition coefficient (Wildman–Crippen LogP) is 4.71. The fraction of sp³-hybridized carbons (Fsp3) is 0.200. The smallest absolute Gasteiger partial charge is 0.325 e. The summed E-state index contributed by atoms with van der Waals surface area (Å²) in [5.74, 6) is -4.40. The van der Waals surface area contributed by atoms with E-state index in [9.17, 15) is 29.6 Å². The van der Waals surface area contributed by atoms with Crippen LogP contribution < -0.4 is 5.32 Å². The Kier molecular flexibility index (Phi) is 8.06. The SMILES string of the molecule is O=C1C2C(c3ccc(C=Cc4ccccc4)cc3)NC(Cc3ccc([N+](=O)[O-])cc3)(C(=O)O)C2C(=O)N1CCc1ccccn1. The number of carbonyl (C=O) groups is 3. The second-order valence-corrected chi connectivity index (χ2v) is 11.3. The Labute approximate surface area is 259 Å². The average molecular weight is 603 g/mol. The summed E-state index contributed by atoms with van der Waals surface area (Å²) in [5.41, 5.74) is 1.87. The van der Waals surface area contributed by atoms with Crippen LogP contribution in [0.3, 0.4) is 0 Å². The van der Waals surface area contributed by atoms with Gasteiger partial charge in [-0.05, 0) is 34.4 Å². The minimum atomic E-state index is -1.83. The van der Waals surface area contributed by atoms with Crippen molar-refractivity contribution in [1.29, 1.82) is 0 Å². The Bertz CT molecular complexity index is 1760. The maximum atomic E-state index is 14.0. The number of likely N-dealkylation sites (tertiary alicyclic amines) is 1. The quantitative estimate of drug-likeness (QED) is 0.115. The molecule has 4 unspecified atom stereocenters. The molecule has 0 aliphatic carbocycles. The summed E-state index contributed by atoms with van der Waals surface area (Å²) in [6.45, 7) is 0.0743. The van der Waals surface area contributed by atoms with Crippen LogP contribution in [0.4, 0.5) is 5.69 Å². The van der Waals surface area contributed by atoms with Gasteiger partial charge in [-0.25, -0.2) is 0 Å². The van der Waals surface area contributed by atoms with Gasteiger partial charge >= 0.3 is 5.97 Å². The number of pyridine rings is 1. The molecule has 4 aromatic rings. The van der Waals surface area contributed by atoms with Crippen LogP contribution in [-0.2, 0) is 27.2 Å². The Balaban J connectivity index is 1.34. The van der Waals surface area contributed by atoms with Gasteiger partial charge in [-0.2, -0.15) is 0 Å². The number of benzene rings is 3. The number of non-ortho nitro benzene ring substituents is 1. The molecule has 2 N–H and O–H groups in total. The standard InChI is InChI=1S/C35H30N4O6/c40-32-29-30(33(41)38(32)21-19-27-8-4-5-20-36-27)35(34(42)43,22-25-13-17-28(18-14-25)39(44)45)37-31(29)26-15-11-24(12-16-26)10-9-23-6-2-1-3-7-23/h1-18,20,29-31,37H,19,21-22H2,(H,42,43). The van der Waals surface area contributed by atoms with E-state index >= 15 is 0 Å². The molecule has 4 atom stereocenters. The number of nitro benzene ring substituents is 1. The first-order valence-corrected chi connectivity index (χ1v) is 14.6. The highest BCUT2D eigenvalue weighted by Crippen LogP contribution is 2.50. The van der Waals surface area contributed by atoms with Gasteiger partial charge in [0, 0.05) is 49.5 Å². The predicted molar refractivity (Wildman–Crippen MR) is 166 cm³/mol. The number of imide groups is 1. The molecule has 0 saturated carbocycles. The molecule has 2 aliphatic heterocycles. The summed E-state index contributed by atoms with van der Waals surface area (Å²) < 4.78 is 0. The van der Waals surface area contributed by atoms with E-state index in [1.165, 1.54) is 29.2 Å². The fourth-order valence-electron chi connectivity index (χ4n) is 6.41. The summed E-state index contributed by atoms with van der Waals surface area (Å²) >= 11 is 0. The molecule has 2 amide bonds. The highest BCUT2D eigenvalue weighted by Gasteiger charge is 2.68. The second-order valence-electron chi connectivity index (χ2n) is 11.3. The van der Waals surface area contributed by atoms with E-state index in [0.717, 1.165) is 11.1 Å². The third kappa shape index (κ3) is 5.75. The molecule has 10 nitrogen and oxygen atoms in total. The van der Waals surface area contributed by atoms with Gasteiger partial charge in [0.1, 0.15) is 5.54 Å². The molecule has 45 heavy (non-hydrogen) atoms. The van der Waals surface area contributed by atoms with Crippen LogP contribution in [0.2, 0.25) is 0 Å². The Morgan fingerprint density at radius 3 is 2.20 bits per heavy atom. The monoisotopic (exact) mass is 602 g/mol. The molecular formula is C35H30N4O6. The summed E-state index contributed by atoms with van der Waals surface area (Å²) in [4.78, 5) is 57.3. The van der Waals surface area contributed by atoms with Gasteiger partial charge in [-0.3, -0.25) is 39.7 Å². The largest absolute Gasteiger partial charge is 0.480 e. The Morgan fingerprint density at radius 1 is 0.911 bits per heavy atom. The minimum absolute atomic E-state index is 0.0743. The highest BCUT2D eigenvalue weighted by atomic mass is 16.6. The first kappa shape index (κ1) is 29.6. The number of aliphatic carboxylic acids is 1. The van der Waals surface area contributed by atoms with Crippen LogP contribution >= 0.6 is 0 Å². The molecule has 2 saturated heterocycles. The molecular weight excluding hydrogens is 572 g/mol. The number of carbonyl (C=O) groups excluding carboxylic acids is 2. The molecule has 2 aliphatic rings. The lowest BCUT2D eigenvalue weighted by Gasteiger charge is -2.31. The van der Waals surface area contributed by atoms with E-state index in [-0.39, 0.29) is 18.7 Å². The van der Waals surface area contributed by atoms with E-state index in [1.54, 1.807) is 18.3 Å². The van der Waals surface area contributed by atoms with Crippen molar-refractivity contribution in [1.82, 2.24) is 15.2 Å². The average Bonchev–Trinajstić information content (AvgIpc) is 3.53. The van der Waals surface area contributed by atoms with Gasteiger partial charge in [-0.15, -0.1) is 0 Å². The summed E-state index contributed by atoms with van der Waals surface area (Å²) in [5, 5.41) is 25.1. The van der Waals surface area contributed by atoms with Gasteiger partial charge in [-0.1, -0.05) is 84.9 Å². The number of carboxylic acids is 1. The van der Waals surface area contributed by atoms with Crippen molar-refractivity contribution >= 4 is 35.6 Å². The van der Waals surface area contributed by atoms with Gasteiger partial charge < -0.3 is 5.11 Å². The number of fused-ring (bicyclic) bond motifs is 1. The molecule has 0 radical (unpaired) electrons. The zero-order valence-corrected chi connectivity index (χ0v) is 24.2. The lowest BCUT2D eigenvalue weighted by atomic mass is 9.76. The minimum Gasteiger partial charge on any atom is -0.480 e. The number of aromatic nitrogens is 1. The summed E-state index contributed by atoms with van der Waals surface area (Å²) in [6, 6.07) is 27.5. The number of nitrogens with one attached hydrogen (secondary N) is 1. The van der Waals surface area contributed by atoms with Gasteiger partial charge in [0.15, 0.2) is 0 Å². The van der Waals surface area contributed by atoms with Crippen LogP contribution in [0, 0.1) is 22.0 Å². The third-order valence-corrected chi connectivity index (χ3v) is 8.64. The van der Waals surface area contributed by atoms with E-state index in [2.05, 4.69) is 10.3 Å². The van der Waals surface area contributed by atoms with E-state index in [4.69, 9.17) is 0 Å². The van der Waals surface area contributed by atoms with Crippen molar-refractivity contribution in [2.75, 3.05) is 6.54 Å². The fourth-order valence-corrected chi connectivity index (χ4v) is 6.41. The molecule has 3 heterocycles. The molecule has 6 rings (SSSR count). The number of nitrogens with zero attached hydrogens (tertiary/aromatic N) is 3. The van der Waals surface area contributed by atoms with Crippen molar-refractivity contribution in [2.24, 2.45) is 11.8 Å². The van der Waals surface area contributed by atoms with Gasteiger partial charge in [0.05, 0.1) is 16.8 Å². The van der Waals surface area contributed by atoms with Crippen molar-refractivity contribution < 1.29 is 24.4 Å². The third-order valence-electron chi connectivity index (χ3n) is 8.64. The lowest BCUT2D eigenvalue weighted by molar-refractivity contribution is -0.384. The lowest BCUT2D eigenvalue weighted by Crippen LogP contribution is -2.57. The Morgan fingerprint density at radius 2 is 1.58 bits per heavy atom. The Hall–Kier alpha value is -5.48. The number of amides is 2. The second kappa shape index (κ2) is 12.3. The normalized spacial score (nSPS) is 22.6. The van der Waals surface area contributed by atoms with Crippen molar-refractivity contribution in [3.8, 4) is 0 Å². The zero-order chi connectivity index (χ0) is 31.6. The number of hydrogen-bond acceptors (Lipinski definition) is 7. The van der Waals surface area contributed by atoms with Crippen molar-refractivity contribution in [3.05, 3.63) is 141 Å². The number of rotatable bonds is 10. The number of carboxylic acid groups (broad SMARTS) is 1. The summed E-state index contributed by atoms with van der Waals surface area (Å²) in [6.07, 6.45) is 5.76. The van der Waals surface area contributed by atoms with E-state index < -0.39 is 46.1 Å². The van der Waals surface area contributed by atoms with Crippen LogP contribution in [0.25, 0.3) is 12.2 Å². The molecule has 226 valence electrons. The van der Waals surface area contributed by atoms with E-state index in [0.29, 0.717) is 23.2 Å². The molecule has 2 fully saturated rings. The molecule has 0 bridgehead atoms. The van der Waals surface area contributed by atoms with Gasteiger partial charge in [0.25, 0.3) is 5.69 Å². The van der Waals surface area contributed by atoms with Crippen LogP contribution in [0.5, 0.6) is 0 Å². The molecule has 3 aromatic carbocycles. The maximum Gasteiger partial charge on any atom is 0.325 e. The molecule has 1 aromatic heterocycles. The highest BCUT2D eigenvalue weighted by molar-refractivity contribution is 6.09. The number of hydrogen-bond donors (Lipinski definition) is 2. The molecule has 0 spiro atoms.